The molecular formula is C16H13Cl2NOS. The van der Waals surface area contributed by atoms with E-state index in [-0.39, 0.29) is 0 Å². The van der Waals surface area contributed by atoms with E-state index in [1.807, 2.05) is 30.3 Å². The first-order chi connectivity index (χ1) is 10.2. The number of halogens is 2. The lowest BCUT2D eigenvalue weighted by Gasteiger charge is -2.09. The van der Waals surface area contributed by atoms with Gasteiger partial charge in [-0.15, -0.1) is 11.8 Å². The molecule has 0 saturated carbocycles. The van der Waals surface area contributed by atoms with Crippen molar-refractivity contribution in [2.75, 3.05) is 12.3 Å². The van der Waals surface area contributed by atoms with Crippen molar-refractivity contribution in [2.45, 2.75) is 6.61 Å². The molecule has 0 bridgehead atoms. The number of hydrogen-bond acceptors (Lipinski definition) is 3. The van der Waals surface area contributed by atoms with Gasteiger partial charge >= 0.3 is 0 Å². The molecule has 1 aliphatic heterocycles. The van der Waals surface area contributed by atoms with Gasteiger partial charge in [-0.1, -0.05) is 41.4 Å². The van der Waals surface area contributed by atoms with Gasteiger partial charge in [-0.2, -0.15) is 0 Å². The first-order valence-corrected chi connectivity index (χ1v) is 8.31. The van der Waals surface area contributed by atoms with Crippen molar-refractivity contribution < 1.29 is 4.74 Å². The van der Waals surface area contributed by atoms with Crippen molar-refractivity contribution in [2.24, 2.45) is 4.99 Å². The van der Waals surface area contributed by atoms with Crippen LogP contribution < -0.4 is 4.74 Å². The van der Waals surface area contributed by atoms with E-state index in [1.54, 1.807) is 17.8 Å². The third-order valence-electron chi connectivity index (χ3n) is 3.06. The van der Waals surface area contributed by atoms with Crippen LogP contribution in [0.25, 0.3) is 0 Å². The molecule has 2 aromatic rings. The third-order valence-corrected chi connectivity index (χ3v) is 4.82. The highest BCUT2D eigenvalue weighted by Gasteiger charge is 2.10. The van der Waals surface area contributed by atoms with Gasteiger partial charge in [0, 0.05) is 17.9 Å². The second-order valence-electron chi connectivity index (χ2n) is 4.60. The molecule has 0 fully saturated rings. The fourth-order valence-corrected chi connectivity index (χ4v) is 3.20. The molecule has 1 aliphatic rings. The molecule has 0 aromatic heterocycles. The minimum absolute atomic E-state index is 0.458. The number of thioether (sulfide) groups is 1. The molecule has 0 N–H and O–H groups in total. The van der Waals surface area contributed by atoms with Gasteiger partial charge in [0.1, 0.15) is 12.4 Å². The van der Waals surface area contributed by atoms with Gasteiger partial charge in [-0.25, -0.2) is 0 Å². The molecule has 2 aromatic carbocycles. The summed E-state index contributed by atoms with van der Waals surface area (Å²) in [6.07, 6.45) is 0. The Morgan fingerprint density at radius 3 is 2.76 bits per heavy atom. The Balaban J connectivity index is 1.70. The molecule has 21 heavy (non-hydrogen) atoms. The Morgan fingerprint density at radius 1 is 1.10 bits per heavy atom. The van der Waals surface area contributed by atoms with Crippen molar-refractivity contribution in [3.8, 4) is 5.75 Å². The Kier molecular flexibility index (Phi) is 4.73. The molecule has 0 aliphatic carbocycles. The van der Waals surface area contributed by atoms with Gasteiger partial charge in [-0.05, 0) is 29.8 Å². The van der Waals surface area contributed by atoms with Gasteiger partial charge in [-0.3, -0.25) is 4.99 Å². The fraction of sp³-hybridized carbons (Fsp3) is 0.188. The van der Waals surface area contributed by atoms with Crippen LogP contribution in [-0.2, 0) is 6.61 Å². The van der Waals surface area contributed by atoms with E-state index in [9.17, 15) is 0 Å². The van der Waals surface area contributed by atoms with Crippen LogP contribution in [0.1, 0.15) is 11.1 Å². The molecule has 5 heteroatoms. The van der Waals surface area contributed by atoms with E-state index in [2.05, 4.69) is 11.1 Å². The summed E-state index contributed by atoms with van der Waals surface area (Å²) < 4.78 is 5.82. The smallest absolute Gasteiger partial charge is 0.120 e. The van der Waals surface area contributed by atoms with Crippen molar-refractivity contribution >= 4 is 40.0 Å². The van der Waals surface area contributed by atoms with Gasteiger partial charge < -0.3 is 4.74 Å². The topological polar surface area (TPSA) is 21.6 Å². The fourth-order valence-electron chi connectivity index (χ4n) is 2.02. The van der Waals surface area contributed by atoms with Crippen LogP contribution in [0, 0.1) is 0 Å². The molecule has 0 spiro atoms. The van der Waals surface area contributed by atoms with E-state index in [1.165, 1.54) is 0 Å². The van der Waals surface area contributed by atoms with Crippen molar-refractivity contribution in [1.29, 1.82) is 0 Å². The standard InChI is InChI=1S/C16H13Cl2NOS/c17-14-5-4-11(8-15(14)18)10-20-13-3-1-2-12(9-13)16-19-6-7-21-16/h1-5,8-9H,6-7,10H2. The Labute approximate surface area is 138 Å². The zero-order valence-corrected chi connectivity index (χ0v) is 13.5. The number of hydrogen-bond donors (Lipinski definition) is 0. The Morgan fingerprint density at radius 2 is 2.00 bits per heavy atom. The maximum absolute atomic E-state index is 6.00. The average Bonchev–Trinajstić information content (AvgIpc) is 3.03. The van der Waals surface area contributed by atoms with Crippen LogP contribution in [0.15, 0.2) is 47.5 Å². The third kappa shape index (κ3) is 3.73. The highest BCUT2D eigenvalue weighted by atomic mass is 35.5. The minimum atomic E-state index is 0.458. The molecule has 0 saturated heterocycles. The van der Waals surface area contributed by atoms with E-state index in [4.69, 9.17) is 27.9 Å². The first kappa shape index (κ1) is 14.8. The van der Waals surface area contributed by atoms with Crippen LogP contribution in [0.4, 0.5) is 0 Å². The number of nitrogens with zero attached hydrogens (tertiary/aromatic N) is 1. The molecule has 0 radical (unpaired) electrons. The number of benzene rings is 2. The normalized spacial score (nSPS) is 14.1. The number of rotatable bonds is 4. The van der Waals surface area contributed by atoms with Gasteiger partial charge in [0.2, 0.25) is 0 Å². The highest BCUT2D eigenvalue weighted by molar-refractivity contribution is 8.14. The predicted octanol–water partition coefficient (Wildman–Crippen LogP) is 5.07. The number of aliphatic imine (C=N–C) groups is 1. The number of ether oxygens (including phenoxy) is 1. The van der Waals surface area contributed by atoms with Gasteiger partial charge in [0.25, 0.3) is 0 Å². The predicted molar refractivity (Wildman–Crippen MR) is 91.1 cm³/mol. The summed E-state index contributed by atoms with van der Waals surface area (Å²) in [7, 11) is 0. The van der Waals surface area contributed by atoms with Gasteiger partial charge in [0.15, 0.2) is 0 Å². The second-order valence-corrected chi connectivity index (χ2v) is 6.50. The lowest BCUT2D eigenvalue weighted by atomic mass is 10.2. The van der Waals surface area contributed by atoms with Crippen molar-refractivity contribution in [3.63, 3.8) is 0 Å². The Hall–Kier alpha value is -1.16. The monoisotopic (exact) mass is 337 g/mol. The maximum atomic E-state index is 6.00. The SMILES string of the molecule is Clc1ccc(COc2cccc(C3=NCCS3)c2)cc1Cl. The maximum Gasteiger partial charge on any atom is 0.120 e. The molecule has 0 unspecified atom stereocenters. The summed E-state index contributed by atoms with van der Waals surface area (Å²) >= 11 is 13.7. The van der Waals surface area contributed by atoms with Crippen LogP contribution in [0.2, 0.25) is 10.0 Å². The largest absolute Gasteiger partial charge is 0.489 e. The minimum Gasteiger partial charge on any atom is -0.489 e. The van der Waals surface area contributed by atoms with Crippen LogP contribution in [-0.4, -0.2) is 17.3 Å². The summed E-state index contributed by atoms with van der Waals surface area (Å²) in [6, 6.07) is 13.5. The Bertz CT molecular complexity index is 688. The average molecular weight is 338 g/mol. The molecule has 0 atom stereocenters. The van der Waals surface area contributed by atoms with Crippen LogP contribution >= 0.6 is 35.0 Å². The lowest BCUT2D eigenvalue weighted by molar-refractivity contribution is 0.306. The second kappa shape index (κ2) is 6.73. The first-order valence-electron chi connectivity index (χ1n) is 6.57. The molecular weight excluding hydrogens is 325 g/mol. The van der Waals surface area contributed by atoms with E-state index < -0.39 is 0 Å². The van der Waals surface area contributed by atoms with E-state index >= 15 is 0 Å². The zero-order chi connectivity index (χ0) is 14.7. The molecule has 3 rings (SSSR count). The van der Waals surface area contributed by atoms with Crippen molar-refractivity contribution in [1.82, 2.24) is 0 Å². The van der Waals surface area contributed by atoms with Crippen LogP contribution in [0.3, 0.4) is 0 Å². The van der Waals surface area contributed by atoms with Crippen LogP contribution in [0.5, 0.6) is 5.75 Å². The molecule has 1 heterocycles. The summed E-state index contributed by atoms with van der Waals surface area (Å²) in [6.45, 7) is 1.36. The summed E-state index contributed by atoms with van der Waals surface area (Å²) in [5.74, 6) is 1.89. The van der Waals surface area contributed by atoms with E-state index in [0.29, 0.717) is 16.7 Å². The lowest BCUT2D eigenvalue weighted by Crippen LogP contribution is -1.97. The zero-order valence-electron chi connectivity index (χ0n) is 11.2. The summed E-state index contributed by atoms with van der Waals surface area (Å²) in [4.78, 5) is 4.48. The van der Waals surface area contributed by atoms with E-state index in [0.717, 1.165) is 34.2 Å². The molecule has 0 amide bonds. The van der Waals surface area contributed by atoms with Crippen molar-refractivity contribution in [3.05, 3.63) is 63.6 Å². The molecule has 108 valence electrons. The molecule has 2 nitrogen and oxygen atoms in total. The van der Waals surface area contributed by atoms with Gasteiger partial charge in [0.05, 0.1) is 15.1 Å². The quantitative estimate of drug-likeness (QED) is 0.777. The summed E-state index contributed by atoms with van der Waals surface area (Å²) in [5.41, 5.74) is 2.10. The highest BCUT2D eigenvalue weighted by Crippen LogP contribution is 2.25. The summed E-state index contributed by atoms with van der Waals surface area (Å²) in [5, 5.41) is 2.19.